The fourth-order valence-corrected chi connectivity index (χ4v) is 3.54. The van der Waals surface area contributed by atoms with E-state index >= 15 is 0 Å². The molecule has 0 spiro atoms. The van der Waals surface area contributed by atoms with Crippen molar-refractivity contribution in [2.24, 2.45) is 0 Å². The molecule has 14 heteroatoms. The fraction of sp³-hybridized carbons (Fsp3) is 0.115. The zero-order valence-corrected chi connectivity index (χ0v) is 21.1. The predicted molar refractivity (Wildman–Crippen MR) is 137 cm³/mol. The number of nitrogens with one attached hydrogen (secondary N) is 2. The van der Waals surface area contributed by atoms with E-state index in [-0.39, 0.29) is 41.3 Å². The number of halogens is 1. The quantitative estimate of drug-likeness (QED) is 0.295. The number of aromatic nitrogens is 7. The first kappa shape index (κ1) is 25.8. The average molecular weight is 539 g/mol. The molecule has 5 rings (SSSR count). The van der Waals surface area contributed by atoms with E-state index in [0.717, 1.165) is 11.6 Å². The number of aryl methyl sites for hydroxylation is 1. The second-order valence-corrected chi connectivity index (χ2v) is 8.26. The van der Waals surface area contributed by atoms with Crippen LogP contribution in [0, 0.1) is 24.1 Å². The molecule has 0 radical (unpaired) electrons. The van der Waals surface area contributed by atoms with E-state index in [1.807, 2.05) is 6.07 Å². The lowest BCUT2D eigenvalue weighted by Crippen LogP contribution is -2.25. The Morgan fingerprint density at radius 3 is 2.58 bits per heavy atom. The summed E-state index contributed by atoms with van der Waals surface area (Å²) in [7, 11) is 1.54. The van der Waals surface area contributed by atoms with Gasteiger partial charge in [0.05, 0.1) is 12.8 Å². The number of hydrogen-bond acceptors (Lipinski definition) is 12. The van der Waals surface area contributed by atoms with E-state index in [1.165, 1.54) is 6.20 Å². The molecule has 2 N–H and O–H groups in total. The van der Waals surface area contributed by atoms with Crippen LogP contribution in [0.1, 0.15) is 27.6 Å². The van der Waals surface area contributed by atoms with E-state index in [1.54, 1.807) is 56.8 Å². The standard InChI is InChI=1S/C26H19FN10O3/c1-14-7-20(35-26-36-22(9-28)40-37-26)34-24(33-14)17-8-18(27)23(31-13-17)25(38)32-11-15-3-5-19(29-10-15)16-4-6-21(39-2)30-12-16/h3-8,10,12-13H,11H2,1-2H3,(H,32,38)(H,33,34,35,37). The monoisotopic (exact) mass is 538 g/mol. The largest absolute Gasteiger partial charge is 0.481 e. The minimum Gasteiger partial charge on any atom is -0.481 e. The smallest absolute Gasteiger partial charge is 0.330 e. The lowest BCUT2D eigenvalue weighted by Gasteiger charge is -2.09. The van der Waals surface area contributed by atoms with E-state index < -0.39 is 11.7 Å². The second-order valence-electron chi connectivity index (χ2n) is 8.26. The van der Waals surface area contributed by atoms with E-state index in [9.17, 15) is 9.18 Å². The molecule has 5 aromatic heterocycles. The number of carbonyl (C=O) groups excluding carboxylic acids is 1. The van der Waals surface area contributed by atoms with Crippen molar-refractivity contribution in [3.8, 4) is 34.6 Å². The average Bonchev–Trinajstić information content (AvgIpc) is 3.43. The fourth-order valence-electron chi connectivity index (χ4n) is 3.54. The minimum atomic E-state index is -0.841. The van der Waals surface area contributed by atoms with Crippen molar-refractivity contribution >= 4 is 17.7 Å². The van der Waals surface area contributed by atoms with Crippen LogP contribution in [-0.4, -0.2) is 48.1 Å². The number of ether oxygens (including phenoxy) is 1. The van der Waals surface area contributed by atoms with Gasteiger partial charge in [-0.1, -0.05) is 6.07 Å². The van der Waals surface area contributed by atoms with Gasteiger partial charge >= 0.3 is 5.89 Å². The summed E-state index contributed by atoms with van der Waals surface area (Å²) in [5, 5.41) is 17.9. The Kier molecular flexibility index (Phi) is 7.27. The molecule has 0 saturated heterocycles. The van der Waals surface area contributed by atoms with Crippen LogP contribution in [-0.2, 0) is 6.54 Å². The predicted octanol–water partition coefficient (Wildman–Crippen LogP) is 3.38. The molecule has 0 atom stereocenters. The molecule has 1 amide bonds. The van der Waals surface area contributed by atoms with Crippen LogP contribution in [0.15, 0.2) is 59.5 Å². The van der Waals surface area contributed by atoms with Crippen LogP contribution in [0.4, 0.5) is 16.2 Å². The van der Waals surface area contributed by atoms with Gasteiger partial charge in [0.2, 0.25) is 5.88 Å². The Bertz CT molecular complexity index is 1720. The molecule has 0 unspecified atom stereocenters. The highest BCUT2D eigenvalue weighted by Crippen LogP contribution is 2.21. The van der Waals surface area contributed by atoms with Crippen molar-refractivity contribution in [2.75, 3.05) is 12.4 Å². The summed E-state index contributed by atoms with van der Waals surface area (Å²) >= 11 is 0. The van der Waals surface area contributed by atoms with Crippen molar-refractivity contribution in [1.82, 2.24) is 40.4 Å². The van der Waals surface area contributed by atoms with Crippen LogP contribution in [0.2, 0.25) is 0 Å². The maximum atomic E-state index is 14.9. The van der Waals surface area contributed by atoms with E-state index in [4.69, 9.17) is 14.5 Å². The van der Waals surface area contributed by atoms with Gasteiger partial charge < -0.3 is 19.9 Å². The topological polar surface area (TPSA) is 178 Å². The zero-order valence-electron chi connectivity index (χ0n) is 21.1. The molecule has 13 nitrogen and oxygen atoms in total. The molecule has 5 aromatic rings. The molecule has 0 bridgehead atoms. The summed E-state index contributed by atoms with van der Waals surface area (Å²) in [5.41, 5.74) is 2.66. The van der Waals surface area contributed by atoms with Crippen molar-refractivity contribution < 1.29 is 18.4 Å². The van der Waals surface area contributed by atoms with Crippen LogP contribution >= 0.6 is 0 Å². The Hall–Kier alpha value is -5.84. The van der Waals surface area contributed by atoms with Crippen LogP contribution < -0.4 is 15.4 Å². The van der Waals surface area contributed by atoms with Crippen molar-refractivity contribution in [3.05, 3.63) is 83.6 Å². The van der Waals surface area contributed by atoms with Gasteiger partial charge in [-0.15, -0.1) is 0 Å². The molecule has 0 aromatic carbocycles. The number of rotatable bonds is 8. The number of pyridine rings is 3. The second kappa shape index (κ2) is 11.3. The molecule has 40 heavy (non-hydrogen) atoms. The maximum absolute atomic E-state index is 14.9. The number of carbonyl (C=O) groups is 1. The molecule has 0 saturated carbocycles. The lowest BCUT2D eigenvalue weighted by atomic mass is 10.1. The molecule has 0 aliphatic heterocycles. The van der Waals surface area contributed by atoms with Gasteiger partial charge in [0.1, 0.15) is 5.82 Å². The summed E-state index contributed by atoms with van der Waals surface area (Å²) in [5.74, 6) is -0.771. The first-order valence-corrected chi connectivity index (χ1v) is 11.7. The van der Waals surface area contributed by atoms with E-state index in [2.05, 4.69) is 45.7 Å². The zero-order chi connectivity index (χ0) is 28.1. The molecule has 0 aliphatic carbocycles. The molecular weight excluding hydrogens is 519 g/mol. The number of nitriles is 1. The Labute approximate surface area is 226 Å². The number of hydrogen-bond donors (Lipinski definition) is 2. The van der Waals surface area contributed by atoms with Crippen LogP contribution in [0.3, 0.4) is 0 Å². The Morgan fingerprint density at radius 1 is 1.05 bits per heavy atom. The Balaban J connectivity index is 1.25. The van der Waals surface area contributed by atoms with Gasteiger partial charge in [-0.05, 0) is 35.8 Å². The highest BCUT2D eigenvalue weighted by atomic mass is 19.1. The van der Waals surface area contributed by atoms with Crippen molar-refractivity contribution in [3.63, 3.8) is 0 Å². The summed E-state index contributed by atoms with van der Waals surface area (Å²) in [4.78, 5) is 37.6. The molecule has 0 fully saturated rings. The number of nitrogens with zero attached hydrogens (tertiary/aromatic N) is 8. The minimum absolute atomic E-state index is 0.0273. The van der Waals surface area contributed by atoms with Gasteiger partial charge in [-0.25, -0.2) is 24.3 Å². The summed E-state index contributed by atoms with van der Waals surface area (Å²) in [6.07, 6.45) is 4.57. The Morgan fingerprint density at radius 2 is 1.90 bits per heavy atom. The van der Waals surface area contributed by atoms with Gasteiger partial charge in [-0.3, -0.25) is 9.78 Å². The summed E-state index contributed by atoms with van der Waals surface area (Å²) in [6.45, 7) is 1.84. The lowest BCUT2D eigenvalue weighted by molar-refractivity contribution is 0.0941. The van der Waals surface area contributed by atoms with E-state index in [0.29, 0.717) is 22.8 Å². The van der Waals surface area contributed by atoms with Gasteiger partial charge in [0.15, 0.2) is 23.4 Å². The third-order valence-electron chi connectivity index (χ3n) is 5.45. The molecule has 0 aliphatic rings. The molecule has 198 valence electrons. The van der Waals surface area contributed by atoms with Crippen LogP contribution in [0.5, 0.6) is 5.88 Å². The first-order valence-electron chi connectivity index (χ1n) is 11.7. The van der Waals surface area contributed by atoms with Gasteiger partial charge in [-0.2, -0.15) is 10.2 Å². The summed E-state index contributed by atoms with van der Waals surface area (Å²) in [6, 6.07) is 11.6. The van der Waals surface area contributed by atoms with Gasteiger partial charge in [0.25, 0.3) is 11.9 Å². The highest BCUT2D eigenvalue weighted by Gasteiger charge is 2.17. The number of anilines is 2. The number of amides is 1. The normalized spacial score (nSPS) is 10.6. The molecule has 5 heterocycles. The first-order chi connectivity index (χ1) is 19.4. The maximum Gasteiger partial charge on any atom is 0.330 e. The number of methoxy groups -OCH3 is 1. The van der Waals surface area contributed by atoms with Gasteiger partial charge in [0, 0.05) is 54.1 Å². The summed E-state index contributed by atoms with van der Waals surface area (Å²) < 4.78 is 24.7. The van der Waals surface area contributed by atoms with Crippen molar-refractivity contribution in [2.45, 2.75) is 13.5 Å². The molecular formula is C26H19FN10O3. The third kappa shape index (κ3) is 5.83. The SMILES string of the molecule is COc1ccc(-c2ccc(CNC(=O)c3ncc(-c4nc(C)cc(Nc5noc(C#N)n5)n4)cc3F)cn2)cn1. The highest BCUT2D eigenvalue weighted by molar-refractivity contribution is 5.92. The van der Waals surface area contributed by atoms with Crippen LogP contribution in [0.25, 0.3) is 22.6 Å². The van der Waals surface area contributed by atoms with Crippen molar-refractivity contribution in [1.29, 1.82) is 5.26 Å². The third-order valence-corrected chi connectivity index (χ3v) is 5.45.